The van der Waals surface area contributed by atoms with Crippen LogP contribution in [0.1, 0.15) is 16.8 Å². The summed E-state index contributed by atoms with van der Waals surface area (Å²) in [7, 11) is 1.26. The van der Waals surface area contributed by atoms with Crippen molar-refractivity contribution in [2.45, 2.75) is 11.2 Å². The fraction of sp³-hybridized carbons (Fsp3) is 0.333. The summed E-state index contributed by atoms with van der Waals surface area (Å²) in [5.74, 6) is -0.680. The molecule has 1 aromatic carbocycles. The fourth-order valence-corrected chi connectivity index (χ4v) is 2.50. The number of hydrogen-bond donors (Lipinski definition) is 1. The van der Waals surface area contributed by atoms with Crippen molar-refractivity contribution in [2.24, 2.45) is 0 Å². The topological polar surface area (TPSA) is 66.8 Å². The average Bonchev–Trinajstić information content (AvgIpc) is 2.67. The van der Waals surface area contributed by atoms with E-state index in [2.05, 4.69) is 20.7 Å². The smallest absolute Gasteiger partial charge is 0.340 e. The number of aromatic hydroxyl groups is 1. The van der Waals surface area contributed by atoms with E-state index in [1.807, 2.05) is 0 Å². The number of phenolic OH excluding ortho intramolecular Hbond substituents is 1. The van der Waals surface area contributed by atoms with Crippen LogP contribution in [0.15, 0.2) is 18.2 Å². The number of carbonyl (C=O) groups is 2. The van der Waals surface area contributed by atoms with Gasteiger partial charge in [0, 0.05) is 17.8 Å². The monoisotopic (exact) mass is 313 g/mol. The third kappa shape index (κ3) is 2.33. The molecule has 5 nitrogen and oxygen atoms in total. The van der Waals surface area contributed by atoms with E-state index < -0.39 is 5.97 Å². The number of carbonyl (C=O) groups excluding carboxylic acids is 2. The van der Waals surface area contributed by atoms with Gasteiger partial charge in [0.25, 0.3) is 0 Å². The van der Waals surface area contributed by atoms with E-state index in [-0.39, 0.29) is 22.0 Å². The van der Waals surface area contributed by atoms with Gasteiger partial charge in [0.15, 0.2) is 0 Å². The van der Waals surface area contributed by atoms with Gasteiger partial charge in [0.05, 0.1) is 18.4 Å². The van der Waals surface area contributed by atoms with Crippen molar-refractivity contribution in [1.82, 2.24) is 0 Å². The Morgan fingerprint density at radius 3 is 2.83 bits per heavy atom. The molecule has 0 aromatic heterocycles. The molecule has 0 spiro atoms. The number of rotatable bonds is 2. The van der Waals surface area contributed by atoms with Crippen LogP contribution in [0, 0.1) is 0 Å². The first-order chi connectivity index (χ1) is 8.52. The first kappa shape index (κ1) is 12.9. The lowest BCUT2D eigenvalue weighted by Gasteiger charge is -2.19. The van der Waals surface area contributed by atoms with Gasteiger partial charge in [-0.05, 0) is 18.2 Å². The largest absolute Gasteiger partial charge is 0.508 e. The Kier molecular flexibility index (Phi) is 3.56. The van der Waals surface area contributed by atoms with E-state index in [0.717, 1.165) is 0 Å². The van der Waals surface area contributed by atoms with Crippen LogP contribution in [-0.4, -0.2) is 35.5 Å². The molecule has 0 bridgehead atoms. The maximum absolute atomic E-state index is 11.8. The van der Waals surface area contributed by atoms with Crippen LogP contribution < -0.4 is 4.90 Å². The van der Waals surface area contributed by atoms with Crippen molar-refractivity contribution in [3.05, 3.63) is 23.8 Å². The molecule has 2 rings (SSSR count). The number of amides is 1. The summed E-state index contributed by atoms with van der Waals surface area (Å²) in [6.07, 6.45) is 0.390. The van der Waals surface area contributed by atoms with Crippen LogP contribution in [0.4, 0.5) is 5.69 Å². The SMILES string of the molecule is COC(=O)c1cc(O)ccc1N1CC(Br)CC1=O. The second-order valence-electron chi connectivity index (χ2n) is 4.00. The highest BCUT2D eigenvalue weighted by molar-refractivity contribution is 9.09. The van der Waals surface area contributed by atoms with E-state index >= 15 is 0 Å². The molecule has 1 amide bonds. The summed E-state index contributed by atoms with van der Waals surface area (Å²) < 4.78 is 4.65. The number of benzene rings is 1. The molecule has 0 aliphatic carbocycles. The third-order valence-electron chi connectivity index (χ3n) is 2.75. The second-order valence-corrected chi connectivity index (χ2v) is 5.29. The second kappa shape index (κ2) is 4.97. The molecule has 1 aliphatic heterocycles. The summed E-state index contributed by atoms with van der Waals surface area (Å²) in [5, 5.41) is 9.42. The molecule has 1 saturated heterocycles. The van der Waals surface area contributed by atoms with Crippen LogP contribution >= 0.6 is 15.9 Å². The minimum Gasteiger partial charge on any atom is -0.508 e. The lowest BCUT2D eigenvalue weighted by molar-refractivity contribution is -0.117. The standard InChI is InChI=1S/C12H12BrNO4/c1-18-12(17)9-5-8(15)2-3-10(9)14-6-7(13)4-11(14)16/h2-3,5,7,15H,4,6H2,1H3. The van der Waals surface area contributed by atoms with Gasteiger partial charge < -0.3 is 14.7 Å². The first-order valence-corrected chi connectivity index (χ1v) is 6.30. The normalized spacial score (nSPS) is 19.1. The molecule has 1 atom stereocenters. The van der Waals surface area contributed by atoms with Crippen LogP contribution in [-0.2, 0) is 9.53 Å². The van der Waals surface area contributed by atoms with Crippen molar-refractivity contribution in [2.75, 3.05) is 18.6 Å². The number of methoxy groups -OCH3 is 1. The number of ether oxygens (including phenoxy) is 1. The summed E-state index contributed by atoms with van der Waals surface area (Å²) in [4.78, 5) is 25.1. The summed E-state index contributed by atoms with van der Waals surface area (Å²) >= 11 is 3.38. The van der Waals surface area contributed by atoms with Gasteiger partial charge in [-0.25, -0.2) is 4.79 Å². The van der Waals surface area contributed by atoms with Gasteiger partial charge in [0.2, 0.25) is 5.91 Å². The van der Waals surface area contributed by atoms with Gasteiger partial charge in [-0.15, -0.1) is 0 Å². The maximum atomic E-state index is 11.8. The van der Waals surface area contributed by atoms with E-state index in [0.29, 0.717) is 18.7 Å². The zero-order valence-corrected chi connectivity index (χ0v) is 11.3. The van der Waals surface area contributed by atoms with Gasteiger partial charge in [-0.2, -0.15) is 0 Å². The molecule has 1 heterocycles. The fourth-order valence-electron chi connectivity index (χ4n) is 1.93. The van der Waals surface area contributed by atoms with Gasteiger partial charge in [-0.1, -0.05) is 15.9 Å². The lowest BCUT2D eigenvalue weighted by atomic mass is 10.1. The highest BCUT2D eigenvalue weighted by Gasteiger charge is 2.31. The van der Waals surface area contributed by atoms with Gasteiger partial charge in [-0.3, -0.25) is 4.79 Å². The van der Waals surface area contributed by atoms with Crippen molar-refractivity contribution < 1.29 is 19.4 Å². The number of alkyl halides is 1. The first-order valence-electron chi connectivity index (χ1n) is 5.38. The Hall–Kier alpha value is -1.56. The molecule has 96 valence electrons. The van der Waals surface area contributed by atoms with Crippen molar-refractivity contribution in [1.29, 1.82) is 0 Å². The number of halogens is 1. The van der Waals surface area contributed by atoms with Crippen molar-refractivity contribution in [3.63, 3.8) is 0 Å². The van der Waals surface area contributed by atoms with Crippen molar-refractivity contribution in [3.8, 4) is 5.75 Å². The minimum absolute atomic E-state index is 0.0406. The molecule has 18 heavy (non-hydrogen) atoms. The van der Waals surface area contributed by atoms with Crippen LogP contribution in [0.5, 0.6) is 5.75 Å². The summed E-state index contributed by atoms with van der Waals surface area (Å²) in [6, 6.07) is 4.29. The molecule has 6 heteroatoms. The Morgan fingerprint density at radius 1 is 1.56 bits per heavy atom. The Bertz CT molecular complexity index is 503. The predicted molar refractivity (Wildman–Crippen MR) is 69.1 cm³/mol. The third-order valence-corrected chi connectivity index (χ3v) is 3.37. The number of esters is 1. The molecule has 1 aromatic rings. The molecule has 1 unspecified atom stereocenters. The Labute approximate surface area is 112 Å². The number of phenols is 1. The highest BCUT2D eigenvalue weighted by atomic mass is 79.9. The quantitative estimate of drug-likeness (QED) is 0.666. The highest BCUT2D eigenvalue weighted by Crippen LogP contribution is 2.30. The molecule has 1 aliphatic rings. The van der Waals surface area contributed by atoms with Crippen molar-refractivity contribution >= 4 is 33.5 Å². The van der Waals surface area contributed by atoms with E-state index in [1.54, 1.807) is 6.07 Å². The molecule has 1 fully saturated rings. The van der Waals surface area contributed by atoms with Crippen LogP contribution in [0.25, 0.3) is 0 Å². The van der Waals surface area contributed by atoms with E-state index in [9.17, 15) is 14.7 Å². The summed E-state index contributed by atoms with van der Waals surface area (Å²) in [5.41, 5.74) is 0.652. The molecular formula is C12H12BrNO4. The Balaban J connectivity index is 2.44. The zero-order chi connectivity index (χ0) is 13.3. The van der Waals surface area contributed by atoms with E-state index in [1.165, 1.54) is 24.1 Å². The molecule has 1 N–H and O–H groups in total. The van der Waals surface area contributed by atoms with Gasteiger partial charge in [0.1, 0.15) is 5.75 Å². The summed E-state index contributed by atoms with van der Waals surface area (Å²) in [6.45, 7) is 0.494. The average molecular weight is 314 g/mol. The molecular weight excluding hydrogens is 302 g/mol. The number of hydrogen-bond acceptors (Lipinski definition) is 4. The van der Waals surface area contributed by atoms with Crippen LogP contribution in [0.2, 0.25) is 0 Å². The molecule has 0 saturated carbocycles. The van der Waals surface area contributed by atoms with Gasteiger partial charge >= 0.3 is 5.97 Å². The molecule has 0 radical (unpaired) electrons. The zero-order valence-electron chi connectivity index (χ0n) is 9.72. The van der Waals surface area contributed by atoms with E-state index in [4.69, 9.17) is 0 Å². The lowest BCUT2D eigenvalue weighted by Crippen LogP contribution is -2.26. The predicted octanol–water partition coefficient (Wildman–Crippen LogP) is 1.68. The maximum Gasteiger partial charge on any atom is 0.340 e. The Morgan fingerprint density at radius 2 is 2.28 bits per heavy atom. The minimum atomic E-state index is -0.577. The number of anilines is 1. The number of nitrogens with zero attached hydrogens (tertiary/aromatic N) is 1. The van der Waals surface area contributed by atoms with Crippen LogP contribution in [0.3, 0.4) is 0 Å².